The Kier molecular flexibility index (Phi) is 21.0. The normalized spacial score (nSPS) is 15.6. The van der Waals surface area contributed by atoms with Crippen molar-refractivity contribution in [3.63, 3.8) is 0 Å². The maximum atomic E-state index is 13.7. The van der Waals surface area contributed by atoms with E-state index in [4.69, 9.17) is 22.9 Å². The number of aliphatic imine (C=N–C) groups is 1. The zero-order chi connectivity index (χ0) is 42.3. The van der Waals surface area contributed by atoms with Gasteiger partial charge in [0.1, 0.15) is 24.2 Å². The summed E-state index contributed by atoms with van der Waals surface area (Å²) in [5, 5.41) is 24.1. The van der Waals surface area contributed by atoms with Gasteiger partial charge in [0.25, 0.3) is 0 Å². The molecule has 1 aromatic rings. The van der Waals surface area contributed by atoms with E-state index < -0.39 is 97.2 Å². The highest BCUT2D eigenvalue weighted by molar-refractivity contribution is 5.96. The first-order chi connectivity index (χ1) is 27.2. The van der Waals surface area contributed by atoms with Crippen molar-refractivity contribution in [2.45, 2.75) is 101 Å². The molecule has 1 fully saturated rings. The largest absolute Gasteiger partial charge is 0.480 e. The minimum Gasteiger partial charge on any atom is -0.480 e. The standard InChI is InChI=1S/C34H58N14O9/c1-2-3-7-24(33(56)57)45-27(50)17-41-26(49)16-42-30(53)22(8-4-11-35)46-31(54)23(9-5-12-40-34(37)38)47-32(55)25-10-6-13-48(25)28(51)18-43-29(52)21(36)14-20-15-39-19-44-20/h15,19,21-25H,2-14,16-18,35-36H2,1H3,(H,39,44)(H,41,49)(H,42,53)(H,43,52)(H,45,50)(H,46,54)(H,47,55)(H,56,57)(H4,37,38,40)/t21-,22-,23-,24-,25-/m0/s1. The number of imidazole rings is 1. The smallest absolute Gasteiger partial charge is 0.326 e. The van der Waals surface area contributed by atoms with E-state index >= 15 is 0 Å². The molecule has 0 radical (unpaired) electrons. The van der Waals surface area contributed by atoms with Crippen molar-refractivity contribution in [3.8, 4) is 0 Å². The van der Waals surface area contributed by atoms with E-state index in [0.29, 0.717) is 25.0 Å². The predicted molar refractivity (Wildman–Crippen MR) is 205 cm³/mol. The Hall–Kier alpha value is -5.84. The number of carbonyl (C=O) groups is 8. The van der Waals surface area contributed by atoms with Crippen LogP contribution in [0.2, 0.25) is 0 Å². The quantitative estimate of drug-likeness (QED) is 0.0237. The van der Waals surface area contributed by atoms with Crippen LogP contribution in [0, 0.1) is 0 Å². The van der Waals surface area contributed by atoms with Gasteiger partial charge in [0.2, 0.25) is 41.4 Å². The van der Waals surface area contributed by atoms with E-state index in [1.165, 1.54) is 17.4 Å². The minimum absolute atomic E-state index is 0.0379. The molecule has 0 bridgehead atoms. The molecule has 23 nitrogen and oxygen atoms in total. The van der Waals surface area contributed by atoms with Crippen molar-refractivity contribution in [2.24, 2.45) is 27.9 Å². The molecule has 1 aromatic heterocycles. The number of nitrogens with zero attached hydrogens (tertiary/aromatic N) is 3. The first-order valence-electron chi connectivity index (χ1n) is 18.9. The van der Waals surface area contributed by atoms with Crippen LogP contribution in [0.3, 0.4) is 0 Å². The molecule has 23 heteroatoms. The summed E-state index contributed by atoms with van der Waals surface area (Å²) in [6.45, 7) is 0.897. The number of carboxylic acid groups (broad SMARTS) is 1. The molecular weight excluding hydrogens is 748 g/mol. The fourth-order valence-corrected chi connectivity index (χ4v) is 5.81. The topological polar surface area (TPSA) is 377 Å². The number of hydrogen-bond acceptors (Lipinski definition) is 12. The summed E-state index contributed by atoms with van der Waals surface area (Å²) in [4.78, 5) is 114. The van der Waals surface area contributed by atoms with Gasteiger partial charge in [-0.25, -0.2) is 9.78 Å². The van der Waals surface area contributed by atoms with Crippen molar-refractivity contribution in [2.75, 3.05) is 39.3 Å². The lowest BCUT2D eigenvalue weighted by Crippen LogP contribution is -2.57. The molecule has 7 amide bonds. The molecule has 2 rings (SSSR count). The predicted octanol–water partition coefficient (Wildman–Crippen LogP) is -4.86. The van der Waals surface area contributed by atoms with Crippen LogP contribution in [0.15, 0.2) is 17.5 Å². The maximum Gasteiger partial charge on any atom is 0.326 e. The number of aliphatic carboxylic acids is 1. The number of unbranched alkanes of at least 4 members (excludes halogenated alkanes) is 1. The van der Waals surface area contributed by atoms with Crippen LogP contribution in [0.1, 0.15) is 70.4 Å². The van der Waals surface area contributed by atoms with Crippen LogP contribution in [-0.4, -0.2) is 143 Å². The van der Waals surface area contributed by atoms with Gasteiger partial charge in [-0.1, -0.05) is 19.8 Å². The highest BCUT2D eigenvalue weighted by atomic mass is 16.4. The van der Waals surface area contributed by atoms with E-state index in [9.17, 15) is 43.5 Å². The molecule has 5 atom stereocenters. The van der Waals surface area contributed by atoms with Crippen LogP contribution in [-0.2, 0) is 44.8 Å². The Morgan fingerprint density at radius 2 is 1.54 bits per heavy atom. The number of nitrogens with two attached hydrogens (primary N) is 4. The van der Waals surface area contributed by atoms with E-state index in [2.05, 4.69) is 46.9 Å². The third kappa shape index (κ3) is 17.7. The molecule has 0 aromatic carbocycles. The number of aromatic nitrogens is 2. The first-order valence-corrected chi connectivity index (χ1v) is 18.9. The van der Waals surface area contributed by atoms with Gasteiger partial charge in [-0.15, -0.1) is 0 Å². The van der Waals surface area contributed by atoms with Gasteiger partial charge >= 0.3 is 5.97 Å². The lowest BCUT2D eigenvalue weighted by molar-refractivity contribution is -0.142. The number of carboxylic acids is 1. The molecule has 2 heterocycles. The third-order valence-electron chi connectivity index (χ3n) is 8.88. The number of carbonyl (C=O) groups excluding carboxylic acids is 7. The fourth-order valence-electron chi connectivity index (χ4n) is 5.81. The molecule has 0 aliphatic carbocycles. The van der Waals surface area contributed by atoms with Crippen molar-refractivity contribution in [1.82, 2.24) is 46.8 Å². The van der Waals surface area contributed by atoms with Crippen molar-refractivity contribution < 1.29 is 43.5 Å². The molecule has 318 valence electrons. The van der Waals surface area contributed by atoms with Gasteiger partial charge in [-0.2, -0.15) is 0 Å². The molecular formula is C34H58N14O9. The zero-order valence-electron chi connectivity index (χ0n) is 32.2. The van der Waals surface area contributed by atoms with Gasteiger partial charge < -0.3 is 69.8 Å². The number of nitrogens with one attached hydrogen (secondary N) is 7. The molecule has 57 heavy (non-hydrogen) atoms. The number of hydrogen-bond donors (Lipinski definition) is 12. The van der Waals surface area contributed by atoms with Gasteiger partial charge in [0.15, 0.2) is 5.96 Å². The Morgan fingerprint density at radius 3 is 2.19 bits per heavy atom. The summed E-state index contributed by atoms with van der Waals surface area (Å²) in [6.07, 6.45) is 6.11. The zero-order valence-corrected chi connectivity index (χ0v) is 32.2. The average Bonchev–Trinajstić information content (AvgIpc) is 3.89. The highest BCUT2D eigenvalue weighted by Crippen LogP contribution is 2.18. The van der Waals surface area contributed by atoms with E-state index in [0.717, 1.165) is 6.42 Å². The summed E-state index contributed by atoms with van der Waals surface area (Å²) < 4.78 is 0. The number of rotatable bonds is 26. The summed E-state index contributed by atoms with van der Waals surface area (Å²) in [7, 11) is 0. The molecule has 0 spiro atoms. The van der Waals surface area contributed by atoms with Gasteiger partial charge in [0.05, 0.1) is 32.0 Å². The number of amides is 7. The Labute approximate surface area is 330 Å². The van der Waals surface area contributed by atoms with Crippen LogP contribution >= 0.6 is 0 Å². The molecule has 0 unspecified atom stereocenters. The van der Waals surface area contributed by atoms with Crippen LogP contribution in [0.25, 0.3) is 0 Å². The molecule has 1 aliphatic rings. The van der Waals surface area contributed by atoms with Crippen LogP contribution < -0.4 is 54.8 Å². The van der Waals surface area contributed by atoms with E-state index in [-0.39, 0.29) is 64.1 Å². The van der Waals surface area contributed by atoms with Crippen molar-refractivity contribution >= 4 is 53.3 Å². The summed E-state index contributed by atoms with van der Waals surface area (Å²) in [5.74, 6) is -6.05. The minimum atomic E-state index is -1.20. The maximum absolute atomic E-state index is 13.7. The van der Waals surface area contributed by atoms with Gasteiger partial charge in [-0.05, 0) is 51.5 Å². The molecule has 16 N–H and O–H groups in total. The lowest BCUT2D eigenvalue weighted by Gasteiger charge is -2.27. The van der Waals surface area contributed by atoms with E-state index in [1.807, 2.05) is 6.92 Å². The third-order valence-corrected chi connectivity index (χ3v) is 8.88. The summed E-state index contributed by atoms with van der Waals surface area (Å²) in [6, 6.07) is -5.40. The number of aromatic amines is 1. The van der Waals surface area contributed by atoms with Crippen LogP contribution in [0.5, 0.6) is 0 Å². The van der Waals surface area contributed by atoms with Crippen molar-refractivity contribution in [1.29, 1.82) is 0 Å². The number of likely N-dealkylation sites (tertiary alicyclic amines) is 1. The second-order valence-electron chi connectivity index (χ2n) is 13.4. The second-order valence-corrected chi connectivity index (χ2v) is 13.4. The van der Waals surface area contributed by atoms with Gasteiger partial charge in [0, 0.05) is 31.4 Å². The van der Waals surface area contributed by atoms with Gasteiger partial charge in [-0.3, -0.25) is 38.6 Å². The summed E-state index contributed by atoms with van der Waals surface area (Å²) >= 11 is 0. The molecule has 1 saturated heterocycles. The lowest BCUT2D eigenvalue weighted by atomic mass is 10.1. The van der Waals surface area contributed by atoms with Crippen molar-refractivity contribution in [3.05, 3.63) is 18.2 Å². The second kappa shape index (κ2) is 25.3. The summed E-state index contributed by atoms with van der Waals surface area (Å²) in [5.41, 5.74) is 23.1. The fraction of sp³-hybridized carbons (Fsp3) is 0.647. The highest BCUT2D eigenvalue weighted by Gasteiger charge is 2.36. The molecule has 0 saturated carbocycles. The average molecular weight is 807 g/mol. The van der Waals surface area contributed by atoms with Crippen LogP contribution in [0.4, 0.5) is 0 Å². The Morgan fingerprint density at radius 1 is 0.877 bits per heavy atom. The number of guanidine groups is 1. The number of H-pyrrole nitrogens is 1. The Bertz CT molecular complexity index is 1540. The SMILES string of the molecule is CCCC[C@H](NC(=O)CNC(=O)CNC(=O)[C@H](CCCN)NC(=O)[C@H](CCCN=C(N)N)NC(=O)[C@@H]1CCCN1C(=O)CNC(=O)[C@@H](N)Cc1cnc[nH]1)C(=O)O. The molecule has 1 aliphatic heterocycles. The first kappa shape index (κ1) is 47.3. The van der Waals surface area contributed by atoms with E-state index in [1.54, 1.807) is 0 Å². The monoisotopic (exact) mass is 806 g/mol. The Balaban J connectivity index is 2.03.